The third kappa shape index (κ3) is 7.37. The maximum atomic E-state index is 12.6. The van der Waals surface area contributed by atoms with Gasteiger partial charge < -0.3 is 24.7 Å². The number of hydrogen-bond acceptors (Lipinski definition) is 7. The van der Waals surface area contributed by atoms with E-state index in [1.54, 1.807) is 11.0 Å². The number of nitrogens with zero attached hydrogens (tertiary/aromatic N) is 2. The third-order valence-electron chi connectivity index (χ3n) is 5.76. The van der Waals surface area contributed by atoms with Gasteiger partial charge in [0.15, 0.2) is 6.61 Å². The van der Waals surface area contributed by atoms with E-state index in [0.717, 1.165) is 44.8 Å². The molecule has 1 aromatic carbocycles. The molecule has 1 amide bonds. The maximum absolute atomic E-state index is 12.6. The lowest BCUT2D eigenvalue weighted by atomic mass is 9.99. The summed E-state index contributed by atoms with van der Waals surface area (Å²) in [4.78, 5) is 32.2. The highest BCUT2D eigenvalue weighted by molar-refractivity contribution is 6.00. The minimum absolute atomic E-state index is 0.0200. The molecule has 0 atom stereocenters. The number of benzene rings is 1. The summed E-state index contributed by atoms with van der Waals surface area (Å²) < 4.78 is 5.29. The van der Waals surface area contributed by atoms with Crippen molar-refractivity contribution in [3.8, 4) is 11.5 Å². The lowest BCUT2D eigenvalue weighted by Crippen LogP contribution is -2.39. The highest BCUT2D eigenvalue weighted by Crippen LogP contribution is 2.29. The minimum atomic E-state index is -0.674. The zero-order chi connectivity index (χ0) is 23.6. The molecule has 0 unspecified atom stereocenters. The maximum Gasteiger partial charge on any atom is 0.342 e. The molecule has 2 heterocycles. The van der Waals surface area contributed by atoms with Crippen LogP contribution in [-0.2, 0) is 20.8 Å². The Balaban J connectivity index is 1.78. The summed E-state index contributed by atoms with van der Waals surface area (Å²) in [5, 5.41) is 24.4. The average molecular weight is 457 g/mol. The number of ether oxygens (including phenoxy) is 1. The molecule has 178 valence electrons. The number of allylic oxidation sites excluding steroid dienone is 3. The number of hydrogen-bond donors (Lipinski definition) is 2. The van der Waals surface area contributed by atoms with Crippen LogP contribution in [0.3, 0.4) is 0 Å². The molecule has 3 rings (SSSR count). The van der Waals surface area contributed by atoms with Gasteiger partial charge in [-0.3, -0.25) is 4.79 Å². The van der Waals surface area contributed by atoms with Crippen LogP contribution in [0.4, 0.5) is 0 Å². The van der Waals surface area contributed by atoms with Gasteiger partial charge in [0.2, 0.25) is 0 Å². The summed E-state index contributed by atoms with van der Waals surface area (Å²) >= 11 is 0. The largest absolute Gasteiger partial charge is 0.508 e. The number of piperidine rings is 1. The van der Waals surface area contributed by atoms with Crippen molar-refractivity contribution in [1.82, 2.24) is 4.90 Å². The van der Waals surface area contributed by atoms with Crippen molar-refractivity contribution in [1.29, 1.82) is 0 Å². The van der Waals surface area contributed by atoms with E-state index in [2.05, 4.69) is 12.1 Å². The normalized spacial score (nSPS) is 21.5. The first-order valence-electron chi connectivity index (χ1n) is 11.4. The van der Waals surface area contributed by atoms with Crippen LogP contribution < -0.4 is 0 Å². The number of phenols is 2. The van der Waals surface area contributed by atoms with Crippen molar-refractivity contribution < 1.29 is 29.4 Å². The second-order valence-corrected chi connectivity index (χ2v) is 8.47. The van der Waals surface area contributed by atoms with Crippen molar-refractivity contribution >= 4 is 17.6 Å². The van der Waals surface area contributed by atoms with Crippen LogP contribution >= 0.6 is 0 Å². The molecule has 1 fully saturated rings. The van der Waals surface area contributed by atoms with Gasteiger partial charge in [-0.2, -0.15) is 0 Å². The SMILES string of the molecule is CC1CCN(C(=O)CO/N=C2/C=C/CC/C=C/CCOC(=O)c3c(O)cc(O)cc3C2)CC1. The molecule has 2 aliphatic rings. The molecular weight excluding hydrogens is 424 g/mol. The Kier molecular flexibility index (Phi) is 8.92. The number of esters is 1. The molecule has 0 aromatic heterocycles. The van der Waals surface area contributed by atoms with Gasteiger partial charge in [0.05, 0.1) is 12.3 Å². The quantitative estimate of drug-likeness (QED) is 0.408. The fourth-order valence-corrected chi connectivity index (χ4v) is 3.82. The van der Waals surface area contributed by atoms with Gasteiger partial charge in [0, 0.05) is 25.6 Å². The van der Waals surface area contributed by atoms with Gasteiger partial charge >= 0.3 is 5.97 Å². The standard InChI is InChI=1S/C25H32N2O6/c1-18-9-11-27(12-10-18)23(30)17-33-26-20-8-6-4-2-3-5-7-13-32-25(31)24-19(14-20)15-21(28)16-22(24)29/h3,5-6,8,15-16,18,28-29H,2,4,7,9-14,17H2,1H3/b5-3+,8-6+,26-20-. The van der Waals surface area contributed by atoms with Crippen molar-refractivity contribution in [2.24, 2.45) is 11.1 Å². The number of carbonyl (C=O) groups excluding carboxylic acids is 2. The van der Waals surface area contributed by atoms with E-state index in [1.807, 2.05) is 18.2 Å². The first-order valence-corrected chi connectivity index (χ1v) is 11.4. The van der Waals surface area contributed by atoms with Crippen molar-refractivity contribution in [3.05, 3.63) is 47.6 Å². The highest BCUT2D eigenvalue weighted by atomic mass is 16.6. The fraction of sp³-hybridized carbons (Fsp3) is 0.480. The fourth-order valence-electron chi connectivity index (χ4n) is 3.82. The van der Waals surface area contributed by atoms with Gasteiger partial charge in [-0.25, -0.2) is 4.79 Å². The summed E-state index contributed by atoms with van der Waals surface area (Å²) in [6.45, 7) is 3.65. The first kappa shape index (κ1) is 24.4. The number of oxime groups is 1. The molecule has 8 heteroatoms. The highest BCUT2D eigenvalue weighted by Gasteiger charge is 2.22. The molecule has 0 aliphatic carbocycles. The van der Waals surface area contributed by atoms with E-state index in [1.165, 1.54) is 6.07 Å². The van der Waals surface area contributed by atoms with Crippen molar-refractivity contribution in [2.45, 2.75) is 45.4 Å². The monoisotopic (exact) mass is 456 g/mol. The molecule has 0 bridgehead atoms. The van der Waals surface area contributed by atoms with Crippen LogP contribution in [0, 0.1) is 5.92 Å². The lowest BCUT2D eigenvalue weighted by molar-refractivity contribution is -0.137. The second-order valence-electron chi connectivity index (χ2n) is 8.47. The molecule has 0 spiro atoms. The summed E-state index contributed by atoms with van der Waals surface area (Å²) in [6.07, 6.45) is 11.9. The van der Waals surface area contributed by atoms with Crippen LogP contribution in [0.15, 0.2) is 41.6 Å². The number of aromatic hydroxyl groups is 2. The van der Waals surface area contributed by atoms with E-state index >= 15 is 0 Å². The number of carbonyl (C=O) groups is 2. The van der Waals surface area contributed by atoms with Crippen LogP contribution in [0.1, 0.15) is 54.9 Å². The third-order valence-corrected chi connectivity index (χ3v) is 5.76. The van der Waals surface area contributed by atoms with Gasteiger partial charge in [-0.1, -0.05) is 30.3 Å². The summed E-state index contributed by atoms with van der Waals surface area (Å²) in [7, 11) is 0. The second kappa shape index (κ2) is 12.1. The zero-order valence-corrected chi connectivity index (χ0v) is 19.0. The number of amides is 1. The van der Waals surface area contributed by atoms with Crippen LogP contribution in [0.5, 0.6) is 11.5 Å². The Morgan fingerprint density at radius 3 is 2.67 bits per heavy atom. The Hall–Kier alpha value is -3.29. The van der Waals surface area contributed by atoms with E-state index in [4.69, 9.17) is 9.57 Å². The average Bonchev–Trinajstić information content (AvgIpc) is 2.77. The summed E-state index contributed by atoms with van der Waals surface area (Å²) in [5.41, 5.74) is 0.789. The van der Waals surface area contributed by atoms with E-state index in [-0.39, 0.29) is 42.6 Å². The van der Waals surface area contributed by atoms with E-state index < -0.39 is 5.97 Å². The first-order chi connectivity index (χ1) is 15.9. The summed E-state index contributed by atoms with van der Waals surface area (Å²) in [6, 6.07) is 2.50. The molecule has 33 heavy (non-hydrogen) atoms. The molecular formula is C25H32N2O6. The predicted octanol–water partition coefficient (Wildman–Crippen LogP) is 3.72. The van der Waals surface area contributed by atoms with Gasteiger partial charge in [-0.05, 0) is 55.7 Å². The zero-order valence-electron chi connectivity index (χ0n) is 19.0. The van der Waals surface area contributed by atoms with Crippen LogP contribution in [-0.4, -0.2) is 59.0 Å². The van der Waals surface area contributed by atoms with Gasteiger partial charge in [0.1, 0.15) is 17.1 Å². The van der Waals surface area contributed by atoms with Gasteiger partial charge in [-0.15, -0.1) is 0 Å². The Morgan fingerprint density at radius 1 is 1.15 bits per heavy atom. The number of phenolic OH excluding ortho intramolecular Hbond substituents is 2. The molecule has 2 aliphatic heterocycles. The van der Waals surface area contributed by atoms with Crippen molar-refractivity contribution in [2.75, 3.05) is 26.3 Å². The predicted molar refractivity (Wildman–Crippen MR) is 124 cm³/mol. The molecule has 0 saturated carbocycles. The lowest BCUT2D eigenvalue weighted by Gasteiger charge is -2.29. The molecule has 8 nitrogen and oxygen atoms in total. The van der Waals surface area contributed by atoms with E-state index in [0.29, 0.717) is 23.6 Å². The van der Waals surface area contributed by atoms with Crippen LogP contribution in [0.2, 0.25) is 0 Å². The van der Waals surface area contributed by atoms with Crippen LogP contribution in [0.25, 0.3) is 0 Å². The van der Waals surface area contributed by atoms with Gasteiger partial charge in [0.25, 0.3) is 5.91 Å². The molecule has 1 aromatic rings. The number of rotatable bonds is 3. The smallest absolute Gasteiger partial charge is 0.342 e. The van der Waals surface area contributed by atoms with Crippen molar-refractivity contribution in [3.63, 3.8) is 0 Å². The topological polar surface area (TPSA) is 109 Å². The molecule has 2 N–H and O–H groups in total. The minimum Gasteiger partial charge on any atom is -0.508 e. The Labute approximate surface area is 194 Å². The summed E-state index contributed by atoms with van der Waals surface area (Å²) in [5.74, 6) is -0.704. The molecule has 0 radical (unpaired) electrons. The number of fused-ring (bicyclic) bond motifs is 1. The Bertz CT molecular complexity index is 929. The number of cyclic esters (lactones) is 1. The number of likely N-dealkylation sites (tertiary alicyclic amines) is 1. The molecule has 1 saturated heterocycles. The van der Waals surface area contributed by atoms with E-state index in [9.17, 15) is 19.8 Å². The Morgan fingerprint density at radius 2 is 1.88 bits per heavy atom.